The summed E-state index contributed by atoms with van der Waals surface area (Å²) in [6, 6.07) is 0. The largest absolute Gasteiger partial charge is 0.465 e. The monoisotopic (exact) mass is 286 g/mol. The predicted molar refractivity (Wildman–Crippen MR) is 69.1 cm³/mol. The van der Waals surface area contributed by atoms with Gasteiger partial charge in [0.15, 0.2) is 0 Å². The number of carbonyl (C=O) groups is 2. The molecule has 0 aromatic heterocycles. The summed E-state index contributed by atoms with van der Waals surface area (Å²) in [5.74, 6) is 0.113. The van der Waals surface area contributed by atoms with Gasteiger partial charge in [-0.1, -0.05) is 0 Å². The molecule has 2 fully saturated rings. The molecule has 0 amide bonds. The first kappa shape index (κ1) is 15.3. The maximum Gasteiger partial charge on any atom is 0.309 e. The van der Waals surface area contributed by atoms with Crippen molar-refractivity contribution in [1.29, 1.82) is 0 Å². The van der Waals surface area contributed by atoms with Crippen LogP contribution in [0, 0.1) is 5.92 Å². The SMILES string of the molecule is O=C1CC(CCOCCCOCCC2CC(=O)O2)CO1. The third kappa shape index (κ3) is 5.46. The number of rotatable bonds is 10. The molecular weight excluding hydrogens is 264 g/mol. The quantitative estimate of drug-likeness (QED) is 0.442. The molecule has 2 aliphatic rings. The highest BCUT2D eigenvalue weighted by Crippen LogP contribution is 2.17. The smallest absolute Gasteiger partial charge is 0.309 e. The molecule has 114 valence electrons. The van der Waals surface area contributed by atoms with E-state index in [0.717, 1.165) is 19.3 Å². The van der Waals surface area contributed by atoms with Gasteiger partial charge in [0.25, 0.3) is 0 Å². The summed E-state index contributed by atoms with van der Waals surface area (Å²) in [5, 5.41) is 0. The zero-order valence-corrected chi connectivity index (χ0v) is 11.7. The molecule has 2 rings (SSSR count). The molecular formula is C14H22O6. The lowest BCUT2D eigenvalue weighted by molar-refractivity contribution is -0.170. The van der Waals surface area contributed by atoms with Crippen molar-refractivity contribution in [3.8, 4) is 0 Å². The van der Waals surface area contributed by atoms with Crippen molar-refractivity contribution in [2.75, 3.05) is 33.0 Å². The standard InChI is InChI=1S/C14H22O6/c15-13-8-11(10-19-13)2-6-17-4-1-5-18-7-3-12-9-14(16)20-12/h11-12H,1-10H2. The lowest BCUT2D eigenvalue weighted by Gasteiger charge is -2.25. The fraction of sp³-hybridized carbons (Fsp3) is 0.857. The molecule has 6 heteroatoms. The summed E-state index contributed by atoms with van der Waals surface area (Å²) in [6.07, 6.45) is 3.62. The van der Waals surface area contributed by atoms with Crippen molar-refractivity contribution >= 4 is 11.9 Å². The Kier molecular flexibility index (Phi) is 6.26. The van der Waals surface area contributed by atoms with Crippen molar-refractivity contribution in [2.45, 2.75) is 38.2 Å². The van der Waals surface area contributed by atoms with Crippen LogP contribution in [-0.4, -0.2) is 51.1 Å². The van der Waals surface area contributed by atoms with Crippen LogP contribution in [0.4, 0.5) is 0 Å². The van der Waals surface area contributed by atoms with Crippen molar-refractivity contribution in [2.24, 2.45) is 5.92 Å². The summed E-state index contributed by atoms with van der Waals surface area (Å²) in [6.45, 7) is 3.15. The Labute approximate surface area is 118 Å². The van der Waals surface area contributed by atoms with Crippen LogP contribution in [-0.2, 0) is 28.5 Å². The van der Waals surface area contributed by atoms with Crippen LogP contribution >= 0.6 is 0 Å². The number of ether oxygens (including phenoxy) is 4. The molecule has 0 aromatic carbocycles. The fourth-order valence-corrected chi connectivity index (χ4v) is 2.20. The maximum absolute atomic E-state index is 10.9. The van der Waals surface area contributed by atoms with E-state index in [0.29, 0.717) is 51.8 Å². The van der Waals surface area contributed by atoms with Gasteiger partial charge in [-0.3, -0.25) is 9.59 Å². The predicted octanol–water partition coefficient (Wildman–Crippen LogP) is 1.07. The average Bonchev–Trinajstić information content (AvgIpc) is 2.80. The topological polar surface area (TPSA) is 71.1 Å². The molecule has 0 spiro atoms. The summed E-state index contributed by atoms with van der Waals surface area (Å²) in [4.78, 5) is 21.4. The highest BCUT2D eigenvalue weighted by molar-refractivity contribution is 5.75. The van der Waals surface area contributed by atoms with Crippen molar-refractivity contribution < 1.29 is 28.5 Å². The Morgan fingerprint density at radius 1 is 0.950 bits per heavy atom. The van der Waals surface area contributed by atoms with Gasteiger partial charge < -0.3 is 18.9 Å². The Morgan fingerprint density at radius 2 is 1.65 bits per heavy atom. The first-order valence-electron chi connectivity index (χ1n) is 7.24. The van der Waals surface area contributed by atoms with Gasteiger partial charge in [0.2, 0.25) is 0 Å². The van der Waals surface area contributed by atoms with E-state index >= 15 is 0 Å². The third-order valence-electron chi connectivity index (χ3n) is 3.46. The summed E-state index contributed by atoms with van der Waals surface area (Å²) in [7, 11) is 0. The van der Waals surface area contributed by atoms with Gasteiger partial charge in [-0.25, -0.2) is 0 Å². The molecule has 6 nitrogen and oxygen atoms in total. The molecule has 0 bridgehead atoms. The molecule has 0 aliphatic carbocycles. The number of hydrogen-bond donors (Lipinski definition) is 0. The van der Waals surface area contributed by atoms with E-state index in [1.807, 2.05) is 0 Å². The second-order valence-corrected chi connectivity index (χ2v) is 5.22. The van der Waals surface area contributed by atoms with E-state index < -0.39 is 0 Å². The van der Waals surface area contributed by atoms with Gasteiger partial charge in [0, 0.05) is 32.2 Å². The molecule has 2 heterocycles. The van der Waals surface area contributed by atoms with Gasteiger partial charge in [-0.2, -0.15) is 0 Å². The lowest BCUT2D eigenvalue weighted by atomic mass is 10.1. The molecule has 0 saturated carbocycles. The third-order valence-corrected chi connectivity index (χ3v) is 3.46. The average molecular weight is 286 g/mol. The van der Waals surface area contributed by atoms with Crippen LogP contribution in [0.25, 0.3) is 0 Å². The zero-order valence-electron chi connectivity index (χ0n) is 11.7. The second-order valence-electron chi connectivity index (χ2n) is 5.22. The number of esters is 2. The van der Waals surface area contributed by atoms with Crippen LogP contribution in [0.1, 0.15) is 32.1 Å². The van der Waals surface area contributed by atoms with E-state index in [-0.39, 0.29) is 18.0 Å². The molecule has 2 unspecified atom stereocenters. The minimum absolute atomic E-state index is 0.0649. The minimum Gasteiger partial charge on any atom is -0.465 e. The highest BCUT2D eigenvalue weighted by Gasteiger charge is 2.27. The van der Waals surface area contributed by atoms with Crippen molar-refractivity contribution in [3.63, 3.8) is 0 Å². The second kappa shape index (κ2) is 8.21. The van der Waals surface area contributed by atoms with E-state index in [1.54, 1.807) is 0 Å². The molecule has 2 aliphatic heterocycles. The Morgan fingerprint density at radius 3 is 2.25 bits per heavy atom. The molecule has 20 heavy (non-hydrogen) atoms. The summed E-state index contributed by atoms with van der Waals surface area (Å²) < 4.78 is 20.7. The Hall–Kier alpha value is -1.14. The highest BCUT2D eigenvalue weighted by atomic mass is 16.6. The lowest BCUT2D eigenvalue weighted by Crippen LogP contribution is -2.33. The maximum atomic E-state index is 10.9. The van der Waals surface area contributed by atoms with Crippen LogP contribution in [0.2, 0.25) is 0 Å². The molecule has 0 aromatic rings. The number of cyclic esters (lactones) is 2. The van der Waals surface area contributed by atoms with Gasteiger partial charge in [0.05, 0.1) is 26.1 Å². The number of hydrogen-bond acceptors (Lipinski definition) is 6. The van der Waals surface area contributed by atoms with Crippen LogP contribution in [0.5, 0.6) is 0 Å². The minimum atomic E-state index is -0.113. The first-order valence-corrected chi connectivity index (χ1v) is 7.24. The summed E-state index contributed by atoms with van der Waals surface area (Å²) >= 11 is 0. The Bertz CT molecular complexity index is 322. The first-order chi connectivity index (χ1) is 9.74. The van der Waals surface area contributed by atoms with Gasteiger partial charge in [-0.15, -0.1) is 0 Å². The number of carbonyl (C=O) groups excluding carboxylic acids is 2. The molecule has 2 atom stereocenters. The van der Waals surface area contributed by atoms with Crippen LogP contribution in [0.15, 0.2) is 0 Å². The Balaban J connectivity index is 1.30. The van der Waals surface area contributed by atoms with Crippen molar-refractivity contribution in [3.05, 3.63) is 0 Å². The van der Waals surface area contributed by atoms with Crippen LogP contribution < -0.4 is 0 Å². The van der Waals surface area contributed by atoms with Gasteiger partial charge >= 0.3 is 11.9 Å². The fourth-order valence-electron chi connectivity index (χ4n) is 2.20. The van der Waals surface area contributed by atoms with E-state index in [2.05, 4.69) is 0 Å². The molecule has 2 saturated heterocycles. The molecule has 0 radical (unpaired) electrons. The van der Waals surface area contributed by atoms with Crippen LogP contribution in [0.3, 0.4) is 0 Å². The van der Waals surface area contributed by atoms with Crippen molar-refractivity contribution in [1.82, 2.24) is 0 Å². The molecule has 0 N–H and O–H groups in total. The van der Waals surface area contributed by atoms with Gasteiger partial charge in [0.1, 0.15) is 6.10 Å². The van der Waals surface area contributed by atoms with E-state index in [9.17, 15) is 9.59 Å². The normalized spacial score (nSPS) is 25.2. The zero-order chi connectivity index (χ0) is 14.2. The summed E-state index contributed by atoms with van der Waals surface area (Å²) in [5.41, 5.74) is 0. The van der Waals surface area contributed by atoms with Gasteiger partial charge in [-0.05, 0) is 12.8 Å². The van der Waals surface area contributed by atoms with E-state index in [1.165, 1.54) is 0 Å². The van der Waals surface area contributed by atoms with E-state index in [4.69, 9.17) is 18.9 Å².